The van der Waals surface area contributed by atoms with Gasteiger partial charge in [0.05, 0.1) is 0 Å². The number of nitrogens with zero attached hydrogens (tertiary/aromatic N) is 1. The standard InChI is InChI=1S/C12H15N3O2.HI/c1-3-9(11-10(4-1)16-8-17-11)7-15-12-13-5-2-6-14-12;/h1,3-4H,2,5-8H2,(H2,13,14,15);1H. The molecule has 5 nitrogen and oxygen atoms in total. The van der Waals surface area contributed by atoms with Crippen molar-refractivity contribution in [2.75, 3.05) is 19.9 Å². The lowest BCUT2D eigenvalue weighted by molar-refractivity contribution is 0.173. The van der Waals surface area contributed by atoms with Crippen molar-refractivity contribution in [3.63, 3.8) is 0 Å². The van der Waals surface area contributed by atoms with Crippen LogP contribution in [0.1, 0.15) is 12.0 Å². The molecule has 0 saturated carbocycles. The summed E-state index contributed by atoms with van der Waals surface area (Å²) >= 11 is 0. The van der Waals surface area contributed by atoms with Crippen molar-refractivity contribution in [3.05, 3.63) is 23.8 Å². The van der Waals surface area contributed by atoms with E-state index in [9.17, 15) is 0 Å². The first kappa shape index (κ1) is 13.3. The molecule has 0 amide bonds. The van der Waals surface area contributed by atoms with Gasteiger partial charge >= 0.3 is 0 Å². The van der Waals surface area contributed by atoms with Gasteiger partial charge in [0.2, 0.25) is 6.79 Å². The molecule has 2 N–H and O–H groups in total. The van der Waals surface area contributed by atoms with Crippen LogP contribution in [0.15, 0.2) is 23.2 Å². The molecule has 2 heterocycles. The van der Waals surface area contributed by atoms with Crippen LogP contribution in [-0.4, -0.2) is 25.8 Å². The van der Waals surface area contributed by atoms with E-state index in [0.717, 1.165) is 42.5 Å². The third-order valence-electron chi connectivity index (χ3n) is 2.82. The third-order valence-corrected chi connectivity index (χ3v) is 2.82. The molecule has 0 saturated heterocycles. The van der Waals surface area contributed by atoms with E-state index in [1.54, 1.807) is 0 Å². The summed E-state index contributed by atoms with van der Waals surface area (Å²) in [6.45, 7) is 2.88. The lowest BCUT2D eigenvalue weighted by atomic mass is 10.2. The van der Waals surface area contributed by atoms with Gasteiger partial charge in [0.15, 0.2) is 17.5 Å². The largest absolute Gasteiger partial charge is 0.454 e. The Morgan fingerprint density at radius 2 is 2.28 bits per heavy atom. The molecule has 3 rings (SSSR count). The Labute approximate surface area is 123 Å². The van der Waals surface area contributed by atoms with Crippen LogP contribution in [0.4, 0.5) is 0 Å². The number of benzene rings is 1. The van der Waals surface area contributed by atoms with Crippen molar-refractivity contribution < 1.29 is 9.47 Å². The van der Waals surface area contributed by atoms with Gasteiger partial charge in [-0.3, -0.25) is 4.99 Å². The zero-order valence-corrected chi connectivity index (χ0v) is 12.3. The van der Waals surface area contributed by atoms with Gasteiger partial charge in [-0.1, -0.05) is 12.1 Å². The van der Waals surface area contributed by atoms with Gasteiger partial charge < -0.3 is 20.1 Å². The second-order valence-electron chi connectivity index (χ2n) is 4.02. The van der Waals surface area contributed by atoms with Crippen molar-refractivity contribution in [1.29, 1.82) is 0 Å². The molecule has 0 radical (unpaired) electrons. The van der Waals surface area contributed by atoms with E-state index in [1.807, 2.05) is 18.2 Å². The minimum absolute atomic E-state index is 0. The maximum Gasteiger partial charge on any atom is 0.231 e. The minimum atomic E-state index is 0. The summed E-state index contributed by atoms with van der Waals surface area (Å²) in [6, 6.07) is 5.92. The van der Waals surface area contributed by atoms with E-state index in [2.05, 4.69) is 15.6 Å². The summed E-state index contributed by atoms with van der Waals surface area (Å²) in [4.78, 5) is 4.36. The van der Waals surface area contributed by atoms with Gasteiger partial charge in [-0.15, -0.1) is 24.0 Å². The van der Waals surface area contributed by atoms with E-state index >= 15 is 0 Å². The summed E-state index contributed by atoms with van der Waals surface area (Å²) < 4.78 is 10.8. The van der Waals surface area contributed by atoms with Gasteiger partial charge in [-0.05, 0) is 12.5 Å². The normalized spacial score (nSPS) is 16.3. The van der Waals surface area contributed by atoms with E-state index in [4.69, 9.17) is 9.47 Å². The number of para-hydroxylation sites is 1. The highest BCUT2D eigenvalue weighted by molar-refractivity contribution is 14.0. The van der Waals surface area contributed by atoms with Crippen LogP contribution in [0.25, 0.3) is 0 Å². The van der Waals surface area contributed by atoms with Crippen LogP contribution in [-0.2, 0) is 6.54 Å². The average Bonchev–Trinajstić information content (AvgIpc) is 2.86. The molecule has 2 aliphatic rings. The first-order valence-corrected chi connectivity index (χ1v) is 5.83. The van der Waals surface area contributed by atoms with Crippen molar-refractivity contribution in [3.8, 4) is 11.5 Å². The first-order valence-electron chi connectivity index (χ1n) is 5.83. The molecule has 98 valence electrons. The van der Waals surface area contributed by atoms with E-state index in [0.29, 0.717) is 13.3 Å². The summed E-state index contributed by atoms with van der Waals surface area (Å²) in [5.41, 5.74) is 1.09. The van der Waals surface area contributed by atoms with Crippen LogP contribution >= 0.6 is 24.0 Å². The molecular formula is C12H16IN3O2. The second kappa shape index (κ2) is 6.12. The van der Waals surface area contributed by atoms with Crippen molar-refractivity contribution in [2.45, 2.75) is 13.0 Å². The first-order chi connectivity index (χ1) is 8.43. The molecule has 0 aromatic heterocycles. The Morgan fingerprint density at radius 1 is 1.33 bits per heavy atom. The highest BCUT2D eigenvalue weighted by Gasteiger charge is 2.17. The summed E-state index contributed by atoms with van der Waals surface area (Å²) in [6.07, 6.45) is 1.10. The Hall–Kier alpha value is -1.18. The Kier molecular flexibility index (Phi) is 4.51. The molecule has 2 aliphatic heterocycles. The van der Waals surface area contributed by atoms with Gasteiger partial charge in [0.1, 0.15) is 0 Å². The maximum atomic E-state index is 5.45. The zero-order valence-electron chi connectivity index (χ0n) is 9.94. The van der Waals surface area contributed by atoms with Crippen molar-refractivity contribution >= 4 is 29.9 Å². The van der Waals surface area contributed by atoms with Crippen LogP contribution in [0, 0.1) is 0 Å². The number of halogens is 1. The topological polar surface area (TPSA) is 54.9 Å². The van der Waals surface area contributed by atoms with Crippen LogP contribution in [0.3, 0.4) is 0 Å². The molecule has 0 atom stereocenters. The summed E-state index contributed by atoms with van der Waals surface area (Å²) in [7, 11) is 0. The maximum absolute atomic E-state index is 5.45. The van der Waals surface area contributed by atoms with Crippen LogP contribution in [0.2, 0.25) is 0 Å². The number of hydrogen-bond donors (Lipinski definition) is 2. The van der Waals surface area contributed by atoms with Gasteiger partial charge in [-0.2, -0.15) is 0 Å². The average molecular weight is 361 g/mol. The fourth-order valence-electron chi connectivity index (χ4n) is 1.96. The second-order valence-corrected chi connectivity index (χ2v) is 4.02. The molecule has 0 bridgehead atoms. The highest BCUT2D eigenvalue weighted by Crippen LogP contribution is 2.35. The number of hydrogen-bond acceptors (Lipinski definition) is 5. The molecule has 0 unspecified atom stereocenters. The third kappa shape index (κ3) is 2.80. The van der Waals surface area contributed by atoms with Crippen molar-refractivity contribution in [2.24, 2.45) is 4.99 Å². The fraction of sp³-hybridized carbons (Fsp3) is 0.417. The fourth-order valence-corrected chi connectivity index (χ4v) is 1.96. The predicted molar refractivity (Wildman–Crippen MR) is 79.7 cm³/mol. The van der Waals surface area contributed by atoms with E-state index in [-0.39, 0.29) is 24.0 Å². The number of nitrogens with one attached hydrogen (secondary N) is 2. The number of rotatable bonds is 2. The number of aliphatic imine (C=N–C) groups is 1. The Balaban J connectivity index is 0.00000120. The molecule has 0 spiro atoms. The zero-order chi connectivity index (χ0) is 11.5. The predicted octanol–water partition coefficient (Wildman–Crippen LogP) is 1.47. The Bertz CT molecular complexity index is 451. The van der Waals surface area contributed by atoms with E-state index in [1.165, 1.54) is 0 Å². The molecule has 6 heteroatoms. The van der Waals surface area contributed by atoms with Crippen molar-refractivity contribution in [1.82, 2.24) is 10.6 Å². The molecule has 1 aromatic rings. The lowest BCUT2D eigenvalue weighted by Gasteiger charge is -2.16. The minimum Gasteiger partial charge on any atom is -0.454 e. The highest BCUT2D eigenvalue weighted by atomic mass is 127. The van der Waals surface area contributed by atoms with Gasteiger partial charge in [0.25, 0.3) is 0 Å². The molecule has 18 heavy (non-hydrogen) atoms. The smallest absolute Gasteiger partial charge is 0.231 e. The lowest BCUT2D eigenvalue weighted by Crippen LogP contribution is -2.40. The van der Waals surface area contributed by atoms with E-state index < -0.39 is 0 Å². The monoisotopic (exact) mass is 361 g/mol. The van der Waals surface area contributed by atoms with Crippen LogP contribution in [0.5, 0.6) is 11.5 Å². The molecule has 0 fully saturated rings. The van der Waals surface area contributed by atoms with Gasteiger partial charge in [-0.25, -0.2) is 0 Å². The number of guanidine groups is 1. The summed E-state index contributed by atoms with van der Waals surface area (Å²) in [5.74, 6) is 2.53. The van der Waals surface area contributed by atoms with Gasteiger partial charge in [0, 0.05) is 25.2 Å². The Morgan fingerprint density at radius 3 is 3.11 bits per heavy atom. The quantitative estimate of drug-likeness (QED) is 0.784. The molecular weight excluding hydrogens is 345 g/mol. The SMILES string of the molecule is I.c1cc(CNC2=NCCCN2)c2c(c1)OCO2. The molecule has 0 aliphatic carbocycles. The number of fused-ring (bicyclic) bond motifs is 1. The van der Waals surface area contributed by atoms with Crippen LogP contribution < -0.4 is 20.1 Å². The summed E-state index contributed by atoms with van der Waals surface area (Å²) in [5, 5.41) is 6.49. The molecule has 1 aromatic carbocycles. The number of ether oxygens (including phenoxy) is 2.